The van der Waals surface area contributed by atoms with E-state index in [-0.39, 0.29) is 12.3 Å². The molecule has 2 rings (SSSR count). The highest BCUT2D eigenvalue weighted by Gasteiger charge is 2.19. The third-order valence-electron chi connectivity index (χ3n) is 3.75. The molecule has 1 unspecified atom stereocenters. The van der Waals surface area contributed by atoms with Crippen LogP contribution in [0.1, 0.15) is 45.6 Å². The molecule has 1 aromatic rings. The Labute approximate surface area is 136 Å². The van der Waals surface area contributed by atoms with Crippen LogP contribution in [0.4, 0.5) is 14.9 Å². The van der Waals surface area contributed by atoms with Crippen molar-refractivity contribution in [3.63, 3.8) is 0 Å². The number of amides is 1. The molecule has 1 aliphatic carbocycles. The van der Waals surface area contributed by atoms with Crippen molar-refractivity contribution in [3.8, 4) is 0 Å². The van der Waals surface area contributed by atoms with Gasteiger partial charge in [0.15, 0.2) is 0 Å². The molecule has 0 fully saturated rings. The average Bonchev–Trinajstić information content (AvgIpc) is 2.47. The molecule has 0 radical (unpaired) electrons. The predicted molar refractivity (Wildman–Crippen MR) is 88.7 cm³/mol. The van der Waals surface area contributed by atoms with E-state index in [0.29, 0.717) is 5.92 Å². The Kier molecular flexibility index (Phi) is 5.42. The second-order valence-corrected chi connectivity index (χ2v) is 6.87. The molecule has 0 aromatic heterocycles. The second kappa shape index (κ2) is 7.13. The molecule has 5 heteroatoms. The molecule has 0 spiro atoms. The number of carbonyl (C=O) groups excluding carboxylic acids is 1. The molecule has 126 valence electrons. The summed E-state index contributed by atoms with van der Waals surface area (Å²) in [4.78, 5) is 11.7. The van der Waals surface area contributed by atoms with Gasteiger partial charge in [0.05, 0.1) is 5.69 Å². The van der Waals surface area contributed by atoms with Gasteiger partial charge in [-0.05, 0) is 69.2 Å². The van der Waals surface area contributed by atoms with Crippen molar-refractivity contribution in [1.82, 2.24) is 0 Å². The van der Waals surface area contributed by atoms with Gasteiger partial charge in [0.25, 0.3) is 0 Å². The SMILES string of the molecule is CC(C)(C)OC(=O)Nc1ccc(C2=CCC(CO)CC2)cc1F. The first-order valence-electron chi connectivity index (χ1n) is 7.88. The predicted octanol–water partition coefficient (Wildman–Crippen LogP) is 4.35. The van der Waals surface area contributed by atoms with E-state index in [9.17, 15) is 9.18 Å². The summed E-state index contributed by atoms with van der Waals surface area (Å²) in [6, 6.07) is 4.77. The normalized spacial score (nSPS) is 18.3. The van der Waals surface area contributed by atoms with Crippen molar-refractivity contribution in [3.05, 3.63) is 35.7 Å². The second-order valence-electron chi connectivity index (χ2n) is 6.87. The van der Waals surface area contributed by atoms with Gasteiger partial charge in [-0.3, -0.25) is 5.32 Å². The van der Waals surface area contributed by atoms with E-state index in [1.807, 2.05) is 0 Å². The fraction of sp³-hybridized carbons (Fsp3) is 0.500. The number of benzene rings is 1. The van der Waals surface area contributed by atoms with Crippen LogP contribution in [0.5, 0.6) is 0 Å². The molecule has 0 saturated heterocycles. The lowest BCUT2D eigenvalue weighted by Gasteiger charge is -2.21. The highest BCUT2D eigenvalue weighted by molar-refractivity contribution is 5.85. The number of rotatable bonds is 3. The molecule has 0 saturated carbocycles. The Hall–Kier alpha value is -1.88. The highest BCUT2D eigenvalue weighted by atomic mass is 19.1. The van der Waals surface area contributed by atoms with Crippen LogP contribution < -0.4 is 5.32 Å². The lowest BCUT2D eigenvalue weighted by molar-refractivity contribution is 0.0635. The topological polar surface area (TPSA) is 58.6 Å². The Bertz CT molecular complexity index is 605. The highest BCUT2D eigenvalue weighted by Crippen LogP contribution is 2.31. The number of halogens is 1. The number of nitrogens with one attached hydrogen (secondary N) is 1. The third-order valence-corrected chi connectivity index (χ3v) is 3.75. The molecule has 1 aliphatic rings. The minimum Gasteiger partial charge on any atom is -0.444 e. The molecule has 1 aromatic carbocycles. The summed E-state index contributed by atoms with van der Waals surface area (Å²) < 4.78 is 19.3. The van der Waals surface area contributed by atoms with E-state index >= 15 is 0 Å². The van der Waals surface area contributed by atoms with Crippen molar-refractivity contribution in [1.29, 1.82) is 0 Å². The minimum atomic E-state index is -0.674. The Morgan fingerprint density at radius 1 is 1.43 bits per heavy atom. The van der Waals surface area contributed by atoms with Crippen molar-refractivity contribution in [2.75, 3.05) is 11.9 Å². The number of aliphatic hydroxyl groups excluding tert-OH is 1. The van der Waals surface area contributed by atoms with Gasteiger partial charge < -0.3 is 9.84 Å². The average molecular weight is 321 g/mol. The molecular formula is C18H24FNO3. The van der Waals surface area contributed by atoms with Crippen LogP contribution in [0.2, 0.25) is 0 Å². The zero-order valence-electron chi connectivity index (χ0n) is 13.9. The van der Waals surface area contributed by atoms with Gasteiger partial charge in [-0.2, -0.15) is 0 Å². The minimum absolute atomic E-state index is 0.104. The first-order valence-corrected chi connectivity index (χ1v) is 7.88. The molecule has 0 aliphatic heterocycles. The maximum atomic E-state index is 14.2. The Morgan fingerprint density at radius 2 is 2.17 bits per heavy atom. The lowest BCUT2D eigenvalue weighted by atomic mass is 9.87. The number of ether oxygens (including phenoxy) is 1. The summed E-state index contributed by atoms with van der Waals surface area (Å²) in [5.41, 5.74) is 1.37. The van der Waals surface area contributed by atoms with Gasteiger partial charge in [0.2, 0.25) is 0 Å². The number of allylic oxidation sites excluding steroid dienone is 2. The van der Waals surface area contributed by atoms with Gasteiger partial charge in [0, 0.05) is 6.61 Å². The van der Waals surface area contributed by atoms with Crippen LogP contribution in [0.25, 0.3) is 5.57 Å². The lowest BCUT2D eigenvalue weighted by Crippen LogP contribution is -2.27. The molecule has 2 N–H and O–H groups in total. The summed E-state index contributed by atoms with van der Waals surface area (Å²) in [7, 11) is 0. The maximum absolute atomic E-state index is 14.2. The molecule has 1 atom stereocenters. The Balaban J connectivity index is 2.06. The summed E-state index contributed by atoms with van der Waals surface area (Å²) >= 11 is 0. The monoisotopic (exact) mass is 321 g/mol. The van der Waals surface area contributed by atoms with Crippen molar-refractivity contribution >= 4 is 17.4 Å². The van der Waals surface area contributed by atoms with Gasteiger partial charge in [-0.1, -0.05) is 12.1 Å². The number of aliphatic hydroxyl groups is 1. The van der Waals surface area contributed by atoms with Crippen molar-refractivity contribution < 1.29 is 19.0 Å². The van der Waals surface area contributed by atoms with Crippen molar-refractivity contribution in [2.45, 2.75) is 45.6 Å². The molecule has 0 heterocycles. The van der Waals surface area contributed by atoms with Gasteiger partial charge in [-0.25, -0.2) is 9.18 Å². The largest absolute Gasteiger partial charge is 0.444 e. The molecule has 0 bridgehead atoms. The fourth-order valence-corrected chi connectivity index (χ4v) is 2.55. The number of hydrogen-bond donors (Lipinski definition) is 2. The first kappa shape index (κ1) is 17.5. The summed E-state index contributed by atoms with van der Waals surface area (Å²) in [5.74, 6) is -0.185. The van der Waals surface area contributed by atoms with Crippen LogP contribution in [0, 0.1) is 11.7 Å². The summed E-state index contributed by atoms with van der Waals surface area (Å²) in [5, 5.41) is 11.6. The van der Waals surface area contributed by atoms with Crippen LogP contribution in [-0.4, -0.2) is 23.4 Å². The van der Waals surface area contributed by atoms with E-state index < -0.39 is 17.5 Å². The van der Waals surface area contributed by atoms with E-state index in [2.05, 4.69) is 11.4 Å². The number of anilines is 1. The Morgan fingerprint density at radius 3 is 2.70 bits per heavy atom. The smallest absolute Gasteiger partial charge is 0.412 e. The van der Waals surface area contributed by atoms with E-state index in [0.717, 1.165) is 30.4 Å². The number of hydrogen-bond acceptors (Lipinski definition) is 3. The van der Waals surface area contributed by atoms with E-state index in [1.165, 1.54) is 6.07 Å². The standard InChI is InChI=1S/C18H24FNO3/c1-18(2,3)23-17(22)20-16-9-8-14(10-15(16)19)13-6-4-12(11-21)5-7-13/h6,8-10,12,21H,4-5,7,11H2,1-3H3,(H,20,22). The van der Waals surface area contributed by atoms with Gasteiger partial charge in [-0.15, -0.1) is 0 Å². The summed E-state index contributed by atoms with van der Waals surface area (Å²) in [6.45, 7) is 5.45. The van der Waals surface area contributed by atoms with Crippen LogP contribution in [0.15, 0.2) is 24.3 Å². The fourth-order valence-electron chi connectivity index (χ4n) is 2.55. The zero-order chi connectivity index (χ0) is 17.0. The first-order chi connectivity index (χ1) is 10.8. The van der Waals surface area contributed by atoms with Gasteiger partial charge >= 0.3 is 6.09 Å². The van der Waals surface area contributed by atoms with Crippen LogP contribution in [0.3, 0.4) is 0 Å². The number of carbonyl (C=O) groups is 1. The van der Waals surface area contributed by atoms with E-state index in [1.54, 1.807) is 32.9 Å². The van der Waals surface area contributed by atoms with Crippen molar-refractivity contribution in [2.24, 2.45) is 5.92 Å². The molecule has 4 nitrogen and oxygen atoms in total. The van der Waals surface area contributed by atoms with Crippen LogP contribution >= 0.6 is 0 Å². The van der Waals surface area contributed by atoms with Crippen LogP contribution in [-0.2, 0) is 4.74 Å². The maximum Gasteiger partial charge on any atom is 0.412 e. The quantitative estimate of drug-likeness (QED) is 0.870. The molecular weight excluding hydrogens is 297 g/mol. The third kappa shape index (κ3) is 5.06. The van der Waals surface area contributed by atoms with Gasteiger partial charge in [0.1, 0.15) is 11.4 Å². The molecule has 1 amide bonds. The summed E-state index contributed by atoms with van der Waals surface area (Å²) in [6.07, 6.45) is 3.92. The zero-order valence-corrected chi connectivity index (χ0v) is 13.9. The van der Waals surface area contributed by atoms with E-state index in [4.69, 9.17) is 9.84 Å². The molecule has 23 heavy (non-hydrogen) atoms.